The van der Waals surface area contributed by atoms with Crippen LogP contribution in [0.15, 0.2) is 0 Å². The molecule has 0 aromatic rings. The van der Waals surface area contributed by atoms with Crippen LogP contribution in [-0.2, 0) is 0 Å². The minimum Gasteiger partial charge on any atom is -0.309 e. The molecule has 16 heavy (non-hydrogen) atoms. The number of hydrogen-bond donors (Lipinski definition) is 1. The molecule has 0 bridgehead atoms. The smallest absolute Gasteiger partial charge is 0.0309 e. The van der Waals surface area contributed by atoms with Crippen molar-refractivity contribution >= 4 is 11.8 Å². The molecule has 1 atom stereocenters. The van der Waals surface area contributed by atoms with E-state index in [2.05, 4.69) is 23.4 Å². The third-order valence-corrected chi connectivity index (χ3v) is 5.31. The predicted molar refractivity (Wildman–Crippen MR) is 73.2 cm³/mol. The summed E-state index contributed by atoms with van der Waals surface area (Å²) in [5, 5.41) is 4.59. The van der Waals surface area contributed by atoms with Crippen LogP contribution in [0, 0.1) is 0 Å². The molecule has 1 spiro atoms. The van der Waals surface area contributed by atoms with Crippen molar-refractivity contribution < 1.29 is 0 Å². The Bertz CT molecular complexity index is 214. The first-order valence-corrected chi connectivity index (χ1v) is 8.03. The molecule has 0 aromatic carbocycles. The molecule has 1 unspecified atom stereocenters. The highest BCUT2D eigenvalue weighted by atomic mass is 32.2. The van der Waals surface area contributed by atoms with Gasteiger partial charge in [0.2, 0.25) is 0 Å². The highest BCUT2D eigenvalue weighted by molar-refractivity contribution is 7.99. The molecule has 2 fully saturated rings. The van der Waals surface area contributed by atoms with Gasteiger partial charge in [-0.1, -0.05) is 19.8 Å². The van der Waals surface area contributed by atoms with Gasteiger partial charge < -0.3 is 10.2 Å². The topological polar surface area (TPSA) is 15.3 Å². The molecule has 0 aromatic heterocycles. The number of hydrogen-bond acceptors (Lipinski definition) is 3. The minimum atomic E-state index is 0.501. The van der Waals surface area contributed by atoms with E-state index in [1.165, 1.54) is 58.3 Å². The summed E-state index contributed by atoms with van der Waals surface area (Å²) in [6, 6.07) is 0. The molecule has 1 saturated carbocycles. The van der Waals surface area contributed by atoms with Gasteiger partial charge in [0.1, 0.15) is 0 Å². The lowest BCUT2D eigenvalue weighted by Crippen LogP contribution is -2.59. The van der Waals surface area contributed by atoms with E-state index in [0.717, 1.165) is 5.25 Å². The highest BCUT2D eigenvalue weighted by Crippen LogP contribution is 2.32. The van der Waals surface area contributed by atoms with Crippen molar-refractivity contribution in [3.05, 3.63) is 0 Å². The fraction of sp³-hybridized carbons (Fsp3) is 1.00. The molecule has 2 rings (SSSR count). The second kappa shape index (κ2) is 5.74. The van der Waals surface area contributed by atoms with E-state index in [4.69, 9.17) is 0 Å². The molecule has 2 aliphatic rings. The van der Waals surface area contributed by atoms with E-state index in [1.807, 2.05) is 11.8 Å². The molecular weight excluding hydrogens is 216 g/mol. The first kappa shape index (κ1) is 12.7. The van der Waals surface area contributed by atoms with Gasteiger partial charge in [0.25, 0.3) is 0 Å². The van der Waals surface area contributed by atoms with Gasteiger partial charge in [-0.15, -0.1) is 0 Å². The number of nitrogens with one attached hydrogen (secondary N) is 1. The lowest BCUT2D eigenvalue weighted by Gasteiger charge is -2.41. The summed E-state index contributed by atoms with van der Waals surface area (Å²) in [6.07, 6.45) is 9.24. The molecule has 1 N–H and O–H groups in total. The maximum Gasteiger partial charge on any atom is 0.0309 e. The van der Waals surface area contributed by atoms with Gasteiger partial charge in [-0.05, 0) is 32.1 Å². The van der Waals surface area contributed by atoms with Gasteiger partial charge in [-0.25, -0.2) is 0 Å². The molecule has 1 aliphatic carbocycles. The summed E-state index contributed by atoms with van der Waals surface area (Å²) < 4.78 is 0. The Hall–Kier alpha value is 0.270. The lowest BCUT2D eigenvalue weighted by molar-refractivity contribution is 0.134. The van der Waals surface area contributed by atoms with Crippen molar-refractivity contribution in [2.24, 2.45) is 0 Å². The maximum atomic E-state index is 3.78. The number of piperazine rings is 1. The Morgan fingerprint density at radius 2 is 2.12 bits per heavy atom. The third-order valence-electron chi connectivity index (χ3n) is 4.27. The average Bonchev–Trinajstić information content (AvgIpc) is 2.74. The quantitative estimate of drug-likeness (QED) is 0.815. The standard InChI is InChI=1S/C13H26N2S/c1-12(16-2)5-9-15-10-8-14-13(11-15)6-3-4-7-13/h12,14H,3-11H2,1-2H3. The van der Waals surface area contributed by atoms with Crippen molar-refractivity contribution in [2.45, 2.75) is 49.8 Å². The van der Waals surface area contributed by atoms with Crippen LogP contribution >= 0.6 is 11.8 Å². The second-order valence-electron chi connectivity index (χ2n) is 5.53. The Labute approximate surface area is 105 Å². The summed E-state index contributed by atoms with van der Waals surface area (Å²) >= 11 is 1.99. The van der Waals surface area contributed by atoms with Crippen LogP contribution in [-0.4, -0.2) is 48.1 Å². The zero-order chi connectivity index (χ0) is 11.4. The van der Waals surface area contributed by atoms with Gasteiger partial charge in [-0.2, -0.15) is 11.8 Å². The fourth-order valence-electron chi connectivity index (χ4n) is 3.10. The molecule has 1 aliphatic heterocycles. The zero-order valence-corrected chi connectivity index (χ0v) is 11.6. The summed E-state index contributed by atoms with van der Waals surface area (Å²) in [5.74, 6) is 0. The predicted octanol–water partition coefficient (Wildman–Crippen LogP) is 2.35. The van der Waals surface area contributed by atoms with Crippen LogP contribution in [0.4, 0.5) is 0 Å². The molecule has 0 amide bonds. The van der Waals surface area contributed by atoms with Crippen LogP contribution in [0.3, 0.4) is 0 Å². The molecule has 1 saturated heterocycles. The zero-order valence-electron chi connectivity index (χ0n) is 10.8. The van der Waals surface area contributed by atoms with E-state index < -0.39 is 0 Å². The van der Waals surface area contributed by atoms with Crippen LogP contribution < -0.4 is 5.32 Å². The van der Waals surface area contributed by atoms with E-state index in [9.17, 15) is 0 Å². The first-order valence-electron chi connectivity index (χ1n) is 6.74. The molecule has 94 valence electrons. The van der Waals surface area contributed by atoms with Gasteiger partial charge in [-0.3, -0.25) is 0 Å². The Kier molecular flexibility index (Phi) is 4.57. The normalized spacial score (nSPS) is 27.4. The second-order valence-corrected chi connectivity index (χ2v) is 6.80. The average molecular weight is 242 g/mol. The van der Waals surface area contributed by atoms with Crippen molar-refractivity contribution in [3.63, 3.8) is 0 Å². The molecule has 0 radical (unpaired) electrons. The van der Waals surface area contributed by atoms with Crippen molar-refractivity contribution in [2.75, 3.05) is 32.4 Å². The largest absolute Gasteiger partial charge is 0.309 e. The van der Waals surface area contributed by atoms with E-state index >= 15 is 0 Å². The van der Waals surface area contributed by atoms with Gasteiger partial charge >= 0.3 is 0 Å². The summed E-state index contributed by atoms with van der Waals surface area (Å²) in [5.41, 5.74) is 0.501. The Balaban J connectivity index is 1.78. The minimum absolute atomic E-state index is 0.501. The van der Waals surface area contributed by atoms with E-state index in [0.29, 0.717) is 5.54 Å². The Morgan fingerprint density at radius 3 is 2.81 bits per heavy atom. The molecule has 2 nitrogen and oxygen atoms in total. The van der Waals surface area contributed by atoms with Gasteiger partial charge in [0.15, 0.2) is 0 Å². The monoisotopic (exact) mass is 242 g/mol. The Morgan fingerprint density at radius 1 is 1.38 bits per heavy atom. The number of nitrogens with zero attached hydrogens (tertiary/aromatic N) is 1. The highest BCUT2D eigenvalue weighted by Gasteiger charge is 2.37. The lowest BCUT2D eigenvalue weighted by atomic mass is 9.94. The molecule has 1 heterocycles. The van der Waals surface area contributed by atoms with Crippen molar-refractivity contribution in [1.29, 1.82) is 0 Å². The summed E-state index contributed by atoms with van der Waals surface area (Å²) in [6.45, 7) is 7.40. The summed E-state index contributed by atoms with van der Waals surface area (Å²) in [4.78, 5) is 2.69. The van der Waals surface area contributed by atoms with Crippen LogP contribution in [0.5, 0.6) is 0 Å². The summed E-state index contributed by atoms with van der Waals surface area (Å²) in [7, 11) is 0. The van der Waals surface area contributed by atoms with E-state index in [1.54, 1.807) is 0 Å². The maximum absolute atomic E-state index is 3.78. The van der Waals surface area contributed by atoms with Crippen molar-refractivity contribution in [1.82, 2.24) is 10.2 Å². The van der Waals surface area contributed by atoms with Crippen LogP contribution in [0.25, 0.3) is 0 Å². The third kappa shape index (κ3) is 3.14. The van der Waals surface area contributed by atoms with E-state index in [-0.39, 0.29) is 0 Å². The fourth-order valence-corrected chi connectivity index (χ4v) is 3.44. The molecule has 3 heteroatoms. The van der Waals surface area contributed by atoms with Crippen LogP contribution in [0.1, 0.15) is 39.0 Å². The van der Waals surface area contributed by atoms with Gasteiger partial charge in [0.05, 0.1) is 0 Å². The number of thioether (sulfide) groups is 1. The van der Waals surface area contributed by atoms with Crippen LogP contribution in [0.2, 0.25) is 0 Å². The first-order chi connectivity index (χ1) is 7.74. The van der Waals surface area contributed by atoms with Gasteiger partial charge in [0, 0.05) is 30.4 Å². The number of rotatable bonds is 4. The van der Waals surface area contributed by atoms with Crippen molar-refractivity contribution in [3.8, 4) is 0 Å². The molecular formula is C13H26N2S. The SMILES string of the molecule is CSC(C)CCN1CCNC2(CCCC2)C1.